The van der Waals surface area contributed by atoms with Crippen molar-refractivity contribution in [3.8, 4) is 0 Å². The first kappa shape index (κ1) is 20.2. The summed E-state index contributed by atoms with van der Waals surface area (Å²) in [5.74, 6) is 0.135. The third-order valence-corrected chi connectivity index (χ3v) is 5.26. The number of unbranched alkanes of at least 4 members (excludes halogenated alkanes) is 9. The van der Waals surface area contributed by atoms with Crippen molar-refractivity contribution < 1.29 is 12.6 Å². The van der Waals surface area contributed by atoms with Gasteiger partial charge in [-0.25, -0.2) is 0 Å². The summed E-state index contributed by atoms with van der Waals surface area (Å²) in [4.78, 5) is 0. The zero-order chi connectivity index (χ0) is 16.8. The summed E-state index contributed by atoms with van der Waals surface area (Å²) in [5, 5.41) is 0. The van der Waals surface area contributed by atoms with Gasteiger partial charge in [-0.3, -0.25) is 4.18 Å². The molecule has 0 aliphatic carbocycles. The van der Waals surface area contributed by atoms with Crippen molar-refractivity contribution >= 4 is 10.1 Å². The van der Waals surface area contributed by atoms with Crippen LogP contribution in [0, 0.1) is 0 Å². The van der Waals surface area contributed by atoms with Crippen LogP contribution in [0.1, 0.15) is 76.7 Å². The van der Waals surface area contributed by atoms with Crippen molar-refractivity contribution in [2.24, 2.45) is 0 Å². The maximum Gasteiger partial charge on any atom is 0.267 e. The van der Waals surface area contributed by atoms with Crippen LogP contribution >= 0.6 is 0 Å². The minimum Gasteiger partial charge on any atom is -0.265 e. The third kappa shape index (κ3) is 11.3. The molecule has 4 heteroatoms. The van der Waals surface area contributed by atoms with Gasteiger partial charge in [-0.15, -0.1) is 0 Å². The molecular weight excluding hydrogens is 308 g/mol. The zero-order valence-corrected chi connectivity index (χ0v) is 15.3. The Labute approximate surface area is 142 Å². The first-order chi connectivity index (χ1) is 11.1. The molecule has 0 saturated heterocycles. The van der Waals surface area contributed by atoms with Crippen LogP contribution in [0.15, 0.2) is 30.3 Å². The van der Waals surface area contributed by atoms with E-state index in [-0.39, 0.29) is 12.4 Å². The SMILES string of the molecule is CCCCCCCCCCCCS(=O)(=O)OCc1ccccc1. The maximum atomic E-state index is 11.8. The fraction of sp³-hybridized carbons (Fsp3) is 0.684. The molecule has 0 aromatic heterocycles. The molecule has 23 heavy (non-hydrogen) atoms. The molecule has 132 valence electrons. The van der Waals surface area contributed by atoms with Gasteiger partial charge in [0.2, 0.25) is 0 Å². The Morgan fingerprint density at radius 3 is 1.87 bits per heavy atom. The van der Waals surface area contributed by atoms with Gasteiger partial charge in [0.25, 0.3) is 10.1 Å². The van der Waals surface area contributed by atoms with Crippen LogP contribution in [-0.2, 0) is 20.9 Å². The number of hydrogen-bond acceptors (Lipinski definition) is 3. The molecule has 0 N–H and O–H groups in total. The minimum absolute atomic E-state index is 0.135. The zero-order valence-electron chi connectivity index (χ0n) is 14.5. The van der Waals surface area contributed by atoms with Gasteiger partial charge < -0.3 is 0 Å². The van der Waals surface area contributed by atoms with Crippen LogP contribution in [0.5, 0.6) is 0 Å². The van der Waals surface area contributed by atoms with Gasteiger partial charge in [-0.05, 0) is 12.0 Å². The van der Waals surface area contributed by atoms with Gasteiger partial charge in [0, 0.05) is 0 Å². The highest BCUT2D eigenvalue weighted by molar-refractivity contribution is 7.86. The summed E-state index contributed by atoms with van der Waals surface area (Å²) < 4.78 is 28.7. The van der Waals surface area contributed by atoms with E-state index in [1.165, 1.54) is 44.9 Å². The molecular formula is C19H32O3S. The molecule has 0 saturated carbocycles. The lowest BCUT2D eigenvalue weighted by Gasteiger charge is -2.06. The molecule has 0 heterocycles. The summed E-state index contributed by atoms with van der Waals surface area (Å²) >= 11 is 0. The number of hydrogen-bond donors (Lipinski definition) is 0. The number of rotatable bonds is 14. The molecule has 0 fully saturated rings. The molecule has 0 spiro atoms. The molecule has 0 bridgehead atoms. The predicted molar refractivity (Wildman–Crippen MR) is 96.9 cm³/mol. The summed E-state index contributed by atoms with van der Waals surface area (Å²) in [6, 6.07) is 9.41. The molecule has 0 radical (unpaired) electrons. The lowest BCUT2D eigenvalue weighted by molar-refractivity contribution is 0.307. The van der Waals surface area contributed by atoms with Gasteiger partial charge in [-0.1, -0.05) is 95.0 Å². The van der Waals surface area contributed by atoms with Crippen molar-refractivity contribution in [3.05, 3.63) is 35.9 Å². The summed E-state index contributed by atoms with van der Waals surface area (Å²) in [7, 11) is -3.39. The van der Waals surface area contributed by atoms with E-state index in [0.29, 0.717) is 6.42 Å². The van der Waals surface area contributed by atoms with Crippen LogP contribution in [0.25, 0.3) is 0 Å². The second kappa shape index (κ2) is 12.5. The van der Waals surface area contributed by atoms with E-state index in [2.05, 4.69) is 6.92 Å². The normalized spacial score (nSPS) is 11.7. The summed E-state index contributed by atoms with van der Waals surface area (Å²) in [6.07, 6.45) is 12.0. The average Bonchev–Trinajstić information content (AvgIpc) is 2.56. The molecule has 0 unspecified atom stereocenters. The fourth-order valence-electron chi connectivity index (χ4n) is 2.56. The predicted octanol–water partition coefficient (Wildman–Crippen LogP) is 5.45. The highest BCUT2D eigenvalue weighted by Gasteiger charge is 2.10. The second-order valence-electron chi connectivity index (χ2n) is 6.19. The van der Waals surface area contributed by atoms with Gasteiger partial charge in [0.05, 0.1) is 12.4 Å². The quantitative estimate of drug-likeness (QED) is 0.334. The van der Waals surface area contributed by atoms with E-state index < -0.39 is 10.1 Å². The maximum absolute atomic E-state index is 11.8. The van der Waals surface area contributed by atoms with Crippen molar-refractivity contribution in [3.63, 3.8) is 0 Å². The fourth-order valence-corrected chi connectivity index (χ4v) is 3.55. The molecule has 0 aliphatic rings. The first-order valence-corrected chi connectivity index (χ1v) is 10.6. The van der Waals surface area contributed by atoms with Gasteiger partial charge >= 0.3 is 0 Å². The largest absolute Gasteiger partial charge is 0.267 e. The molecule has 0 aliphatic heterocycles. The van der Waals surface area contributed by atoms with Gasteiger partial charge in [0.15, 0.2) is 0 Å². The summed E-state index contributed by atoms with van der Waals surface area (Å²) in [6.45, 7) is 2.37. The lowest BCUT2D eigenvalue weighted by Crippen LogP contribution is -2.10. The van der Waals surface area contributed by atoms with Crippen molar-refractivity contribution in [2.75, 3.05) is 5.75 Å². The van der Waals surface area contributed by atoms with Crippen molar-refractivity contribution in [1.29, 1.82) is 0 Å². The Hall–Kier alpha value is -0.870. The summed E-state index contributed by atoms with van der Waals surface area (Å²) in [5.41, 5.74) is 0.888. The minimum atomic E-state index is -3.39. The highest BCUT2D eigenvalue weighted by atomic mass is 32.2. The Morgan fingerprint density at radius 1 is 0.783 bits per heavy atom. The average molecular weight is 341 g/mol. The Bertz CT molecular complexity index is 483. The van der Waals surface area contributed by atoms with Crippen LogP contribution in [0.4, 0.5) is 0 Å². The molecule has 1 aromatic carbocycles. The van der Waals surface area contributed by atoms with Gasteiger partial charge in [0.1, 0.15) is 0 Å². The standard InChI is InChI=1S/C19H32O3S/c1-2-3-4-5-6-7-8-9-10-14-17-23(20,21)22-18-19-15-12-11-13-16-19/h11-13,15-16H,2-10,14,17-18H2,1H3. The molecule has 0 atom stereocenters. The van der Waals surface area contributed by atoms with Crippen LogP contribution in [0.2, 0.25) is 0 Å². The Morgan fingerprint density at radius 2 is 1.30 bits per heavy atom. The van der Waals surface area contributed by atoms with E-state index in [0.717, 1.165) is 18.4 Å². The lowest BCUT2D eigenvalue weighted by atomic mass is 10.1. The van der Waals surface area contributed by atoms with E-state index in [1.54, 1.807) is 0 Å². The van der Waals surface area contributed by atoms with Crippen molar-refractivity contribution in [2.45, 2.75) is 77.7 Å². The monoisotopic (exact) mass is 340 g/mol. The first-order valence-electron chi connectivity index (χ1n) is 9.05. The van der Waals surface area contributed by atoms with E-state index in [1.807, 2.05) is 30.3 Å². The highest BCUT2D eigenvalue weighted by Crippen LogP contribution is 2.12. The second-order valence-corrected chi connectivity index (χ2v) is 7.95. The Kier molecular flexibility index (Phi) is 11.0. The van der Waals surface area contributed by atoms with Crippen LogP contribution < -0.4 is 0 Å². The van der Waals surface area contributed by atoms with Crippen LogP contribution in [0.3, 0.4) is 0 Å². The Balaban J connectivity index is 1.99. The number of benzene rings is 1. The molecule has 1 rings (SSSR count). The van der Waals surface area contributed by atoms with E-state index in [9.17, 15) is 8.42 Å². The smallest absolute Gasteiger partial charge is 0.265 e. The van der Waals surface area contributed by atoms with Crippen molar-refractivity contribution in [1.82, 2.24) is 0 Å². The topological polar surface area (TPSA) is 43.4 Å². The molecule has 1 aromatic rings. The molecule has 0 amide bonds. The van der Waals surface area contributed by atoms with E-state index in [4.69, 9.17) is 4.18 Å². The molecule has 3 nitrogen and oxygen atoms in total. The van der Waals surface area contributed by atoms with Crippen LogP contribution in [-0.4, -0.2) is 14.2 Å². The van der Waals surface area contributed by atoms with E-state index >= 15 is 0 Å². The third-order valence-electron chi connectivity index (χ3n) is 4.00. The van der Waals surface area contributed by atoms with Gasteiger partial charge in [-0.2, -0.15) is 8.42 Å².